The average Bonchev–Trinajstić information content (AvgIpc) is 2.82. The van der Waals surface area contributed by atoms with Crippen LogP contribution < -0.4 is 5.32 Å². The molecule has 6 nitrogen and oxygen atoms in total. The first kappa shape index (κ1) is 35.1. The van der Waals surface area contributed by atoms with Gasteiger partial charge in [-0.25, -0.2) is 0 Å². The predicted molar refractivity (Wildman–Crippen MR) is 152 cm³/mol. The van der Waals surface area contributed by atoms with E-state index >= 15 is 0 Å². The lowest BCUT2D eigenvalue weighted by molar-refractivity contribution is -0.122. The molecular weight excluding hydrogens is 474 g/mol. The number of nitrogens with one attached hydrogen (secondary N) is 1. The summed E-state index contributed by atoms with van der Waals surface area (Å²) in [6.45, 7) is 4.42. The van der Waals surface area contributed by atoms with Crippen LogP contribution in [-0.4, -0.2) is 41.9 Å². The molecule has 0 saturated heterocycles. The van der Waals surface area contributed by atoms with Crippen molar-refractivity contribution >= 4 is 16.0 Å². The van der Waals surface area contributed by atoms with Gasteiger partial charge in [-0.2, -0.15) is 8.42 Å². The molecule has 0 spiro atoms. The third-order valence-corrected chi connectivity index (χ3v) is 7.50. The number of hydrogen-bond acceptors (Lipinski definition) is 4. The lowest BCUT2D eigenvalue weighted by Crippen LogP contribution is -2.47. The second-order valence-electron chi connectivity index (χ2n) is 10.4. The molecule has 0 heterocycles. The molecule has 3 N–H and O–H groups in total. The normalized spacial score (nSPS) is 13.8. The van der Waals surface area contributed by atoms with Crippen molar-refractivity contribution < 1.29 is 22.9 Å². The second-order valence-corrected chi connectivity index (χ2v) is 11.9. The van der Waals surface area contributed by atoms with Gasteiger partial charge in [0.2, 0.25) is 5.91 Å². The molecule has 0 radical (unpaired) electrons. The molecule has 7 heteroatoms. The molecule has 0 aliphatic carbocycles. The summed E-state index contributed by atoms with van der Waals surface area (Å²) < 4.78 is 32.1. The van der Waals surface area contributed by atoms with E-state index in [2.05, 4.69) is 31.3 Å². The Morgan fingerprint density at radius 2 is 1.19 bits per heavy atom. The Morgan fingerprint density at radius 3 is 1.75 bits per heavy atom. The highest BCUT2D eigenvalue weighted by Gasteiger charge is 2.26. The summed E-state index contributed by atoms with van der Waals surface area (Å²) in [5, 5.41) is 13.2. The molecule has 0 aliphatic heterocycles. The van der Waals surface area contributed by atoms with Gasteiger partial charge in [-0.05, 0) is 32.1 Å². The molecule has 2 unspecified atom stereocenters. The summed E-state index contributed by atoms with van der Waals surface area (Å²) in [6.07, 6.45) is 25.9. The third-order valence-electron chi connectivity index (χ3n) is 6.72. The van der Waals surface area contributed by atoms with Crippen molar-refractivity contribution in [2.24, 2.45) is 0 Å². The maximum Gasteiger partial charge on any atom is 0.266 e. The Labute approximate surface area is 222 Å². The van der Waals surface area contributed by atoms with Gasteiger partial charge in [0.25, 0.3) is 10.1 Å². The Balaban J connectivity index is 4.06. The van der Waals surface area contributed by atoms with Crippen molar-refractivity contribution in [2.75, 3.05) is 5.75 Å². The average molecular weight is 532 g/mol. The molecule has 0 aromatic carbocycles. The number of unbranched alkanes of at least 4 members (excludes halogenated alkanes) is 16. The van der Waals surface area contributed by atoms with E-state index in [1.54, 1.807) is 0 Å². The maximum atomic E-state index is 12.3. The van der Waals surface area contributed by atoms with E-state index < -0.39 is 28.0 Å². The standard InChI is InChI=1S/C29H57NO5S/c1-3-5-7-9-11-13-15-17-19-21-23-25-29(32)30-27(26-36(33,34)35)28(31)24-22-20-18-16-14-12-10-8-6-4-2/h9,11,27-28,31H,3-8,10,12-26H2,1-2H3,(H,30,32)(H,33,34,35)/b11-9-. The zero-order chi connectivity index (χ0) is 26.9. The van der Waals surface area contributed by atoms with Gasteiger partial charge in [0.05, 0.1) is 17.9 Å². The summed E-state index contributed by atoms with van der Waals surface area (Å²) in [7, 11) is -4.29. The highest BCUT2D eigenvalue weighted by molar-refractivity contribution is 7.85. The van der Waals surface area contributed by atoms with Crippen molar-refractivity contribution in [3.63, 3.8) is 0 Å². The first-order chi connectivity index (χ1) is 17.3. The number of amides is 1. The largest absolute Gasteiger partial charge is 0.391 e. The van der Waals surface area contributed by atoms with Gasteiger partial charge >= 0.3 is 0 Å². The van der Waals surface area contributed by atoms with Crippen LogP contribution in [0.3, 0.4) is 0 Å². The molecule has 0 bridgehead atoms. The van der Waals surface area contributed by atoms with E-state index in [0.29, 0.717) is 12.8 Å². The Hall–Kier alpha value is -0.920. The van der Waals surface area contributed by atoms with Gasteiger partial charge in [0.1, 0.15) is 0 Å². The number of allylic oxidation sites excluding steroid dienone is 2. The summed E-state index contributed by atoms with van der Waals surface area (Å²) in [5.74, 6) is -0.909. The number of carbonyl (C=O) groups is 1. The fraction of sp³-hybridized carbons (Fsp3) is 0.897. The monoisotopic (exact) mass is 531 g/mol. The number of aliphatic hydroxyl groups excluding tert-OH is 1. The molecule has 0 aromatic heterocycles. The van der Waals surface area contributed by atoms with Crippen molar-refractivity contribution in [2.45, 2.75) is 161 Å². The molecule has 36 heavy (non-hydrogen) atoms. The van der Waals surface area contributed by atoms with Gasteiger partial charge in [0.15, 0.2) is 0 Å². The van der Waals surface area contributed by atoms with Gasteiger partial charge in [-0.1, -0.05) is 122 Å². The van der Waals surface area contributed by atoms with Crippen LogP contribution in [0.15, 0.2) is 12.2 Å². The third kappa shape index (κ3) is 24.8. The van der Waals surface area contributed by atoms with Gasteiger partial charge in [-0.3, -0.25) is 9.35 Å². The number of aliphatic hydroxyl groups is 1. The number of hydrogen-bond donors (Lipinski definition) is 3. The number of carbonyl (C=O) groups excluding carboxylic acids is 1. The minimum atomic E-state index is -4.29. The molecule has 0 rings (SSSR count). The van der Waals surface area contributed by atoms with Crippen LogP contribution in [0, 0.1) is 0 Å². The molecule has 0 aromatic rings. The van der Waals surface area contributed by atoms with E-state index in [0.717, 1.165) is 64.2 Å². The van der Waals surface area contributed by atoms with Crippen molar-refractivity contribution in [1.29, 1.82) is 0 Å². The Bertz CT molecular complexity index is 636. The first-order valence-corrected chi connectivity index (χ1v) is 16.5. The fourth-order valence-electron chi connectivity index (χ4n) is 4.43. The summed E-state index contributed by atoms with van der Waals surface area (Å²) in [5.41, 5.74) is 0. The van der Waals surface area contributed by atoms with Gasteiger partial charge in [0, 0.05) is 6.42 Å². The molecule has 0 fully saturated rings. The minimum absolute atomic E-state index is 0.260. The zero-order valence-electron chi connectivity index (χ0n) is 23.4. The minimum Gasteiger partial charge on any atom is -0.391 e. The van der Waals surface area contributed by atoms with Crippen molar-refractivity contribution in [1.82, 2.24) is 5.32 Å². The van der Waals surface area contributed by atoms with Crippen LogP contribution in [-0.2, 0) is 14.9 Å². The van der Waals surface area contributed by atoms with E-state index in [1.807, 2.05) is 0 Å². The molecule has 214 valence electrons. The smallest absolute Gasteiger partial charge is 0.266 e. The predicted octanol–water partition coefficient (Wildman–Crippen LogP) is 7.51. The van der Waals surface area contributed by atoms with Crippen molar-refractivity contribution in [3.05, 3.63) is 12.2 Å². The molecule has 2 atom stereocenters. The molecule has 0 aliphatic rings. The fourth-order valence-corrected chi connectivity index (χ4v) is 5.19. The highest BCUT2D eigenvalue weighted by atomic mass is 32.2. The molecular formula is C29H57NO5S. The van der Waals surface area contributed by atoms with Crippen LogP contribution >= 0.6 is 0 Å². The maximum absolute atomic E-state index is 12.3. The SMILES string of the molecule is CCCC/C=C\CCCCCCCC(=O)NC(CS(=O)(=O)O)C(O)CCCCCCCCCCCC. The lowest BCUT2D eigenvalue weighted by atomic mass is 10.0. The highest BCUT2D eigenvalue weighted by Crippen LogP contribution is 2.14. The lowest BCUT2D eigenvalue weighted by Gasteiger charge is -2.23. The summed E-state index contributed by atoms with van der Waals surface area (Å²) in [4.78, 5) is 12.3. The van der Waals surface area contributed by atoms with Crippen LogP contribution in [0.4, 0.5) is 0 Å². The van der Waals surface area contributed by atoms with Crippen LogP contribution in [0.2, 0.25) is 0 Å². The first-order valence-electron chi connectivity index (χ1n) is 14.9. The van der Waals surface area contributed by atoms with E-state index in [1.165, 1.54) is 57.8 Å². The van der Waals surface area contributed by atoms with Gasteiger partial charge in [-0.15, -0.1) is 0 Å². The summed E-state index contributed by atoms with van der Waals surface area (Å²) >= 11 is 0. The Morgan fingerprint density at radius 1 is 0.722 bits per heavy atom. The van der Waals surface area contributed by atoms with Crippen LogP contribution in [0.1, 0.15) is 149 Å². The van der Waals surface area contributed by atoms with Crippen LogP contribution in [0.25, 0.3) is 0 Å². The zero-order valence-corrected chi connectivity index (χ0v) is 24.2. The Kier molecular flexibility index (Phi) is 23.8. The molecule has 1 amide bonds. The molecule has 0 saturated carbocycles. The second kappa shape index (κ2) is 24.4. The van der Waals surface area contributed by atoms with E-state index in [9.17, 15) is 22.9 Å². The summed E-state index contributed by atoms with van der Waals surface area (Å²) in [6, 6.07) is -0.967. The van der Waals surface area contributed by atoms with Gasteiger partial charge < -0.3 is 10.4 Å². The van der Waals surface area contributed by atoms with E-state index in [-0.39, 0.29) is 5.91 Å². The number of rotatable bonds is 26. The van der Waals surface area contributed by atoms with Crippen molar-refractivity contribution in [3.8, 4) is 0 Å². The topological polar surface area (TPSA) is 104 Å². The van der Waals surface area contributed by atoms with Crippen LogP contribution in [0.5, 0.6) is 0 Å². The van der Waals surface area contributed by atoms with E-state index in [4.69, 9.17) is 0 Å². The quantitative estimate of drug-likeness (QED) is 0.0609.